The number of rotatable bonds is 6. The molecule has 1 aromatic carbocycles. The Balaban J connectivity index is 2.01. The van der Waals surface area contributed by atoms with E-state index >= 15 is 0 Å². The highest BCUT2D eigenvalue weighted by Crippen LogP contribution is 2.26. The van der Waals surface area contributed by atoms with Crippen molar-refractivity contribution in [2.75, 3.05) is 10.6 Å². The Labute approximate surface area is 154 Å². The van der Waals surface area contributed by atoms with E-state index in [1.807, 2.05) is 19.9 Å². The van der Waals surface area contributed by atoms with Crippen LogP contribution in [0.1, 0.15) is 20.3 Å². The van der Waals surface area contributed by atoms with Crippen LogP contribution in [0.25, 0.3) is 11.4 Å². The van der Waals surface area contributed by atoms with Crippen LogP contribution in [-0.2, 0) is 0 Å². The molecular formula is C19H18F3N5. The van der Waals surface area contributed by atoms with Gasteiger partial charge in [0.25, 0.3) is 0 Å². The molecule has 2 heterocycles. The summed E-state index contributed by atoms with van der Waals surface area (Å²) >= 11 is 0. The molecule has 0 bridgehead atoms. The number of nitrogens with zero attached hydrogens (tertiary/aromatic N) is 3. The van der Waals surface area contributed by atoms with Crippen molar-refractivity contribution in [3.05, 3.63) is 60.0 Å². The molecule has 1 atom stereocenters. The Morgan fingerprint density at radius 2 is 1.81 bits per heavy atom. The highest BCUT2D eigenvalue weighted by molar-refractivity contribution is 5.65. The summed E-state index contributed by atoms with van der Waals surface area (Å²) in [6.07, 6.45) is 2.47. The Hall–Kier alpha value is -3.16. The monoisotopic (exact) mass is 373 g/mol. The van der Waals surface area contributed by atoms with Gasteiger partial charge in [-0.2, -0.15) is 4.98 Å². The van der Waals surface area contributed by atoms with Gasteiger partial charge < -0.3 is 10.6 Å². The van der Waals surface area contributed by atoms with Gasteiger partial charge in [-0.25, -0.2) is 18.2 Å². The smallest absolute Gasteiger partial charge is 0.225 e. The highest BCUT2D eigenvalue weighted by atomic mass is 19.2. The van der Waals surface area contributed by atoms with E-state index in [9.17, 15) is 13.2 Å². The Morgan fingerprint density at radius 1 is 1.00 bits per heavy atom. The maximum absolute atomic E-state index is 14.0. The zero-order valence-corrected chi connectivity index (χ0v) is 14.8. The molecule has 0 aliphatic rings. The van der Waals surface area contributed by atoms with Crippen molar-refractivity contribution in [3.63, 3.8) is 0 Å². The molecule has 8 heteroatoms. The number of pyridine rings is 1. The molecule has 2 N–H and O–H groups in total. The van der Waals surface area contributed by atoms with Crippen molar-refractivity contribution >= 4 is 17.5 Å². The minimum absolute atomic E-state index is 0.108. The van der Waals surface area contributed by atoms with E-state index in [1.165, 1.54) is 0 Å². The normalized spacial score (nSPS) is 11.9. The second-order valence-electron chi connectivity index (χ2n) is 5.98. The molecule has 0 fully saturated rings. The maximum atomic E-state index is 14.0. The van der Waals surface area contributed by atoms with Gasteiger partial charge >= 0.3 is 0 Å². The lowest BCUT2D eigenvalue weighted by atomic mass is 10.2. The number of hydrogen-bond acceptors (Lipinski definition) is 5. The summed E-state index contributed by atoms with van der Waals surface area (Å²) in [7, 11) is 0. The van der Waals surface area contributed by atoms with Crippen molar-refractivity contribution in [1.82, 2.24) is 15.0 Å². The van der Waals surface area contributed by atoms with E-state index in [0.29, 0.717) is 17.3 Å². The van der Waals surface area contributed by atoms with Crippen molar-refractivity contribution in [1.29, 1.82) is 0 Å². The molecule has 140 valence electrons. The first-order valence-electron chi connectivity index (χ1n) is 8.45. The second-order valence-corrected chi connectivity index (χ2v) is 5.98. The Bertz CT molecular complexity index is 934. The zero-order valence-electron chi connectivity index (χ0n) is 14.8. The summed E-state index contributed by atoms with van der Waals surface area (Å²) in [5.41, 5.74) is 0.872. The summed E-state index contributed by atoms with van der Waals surface area (Å²) in [4.78, 5) is 13.0. The first-order chi connectivity index (χ1) is 13.0. The van der Waals surface area contributed by atoms with Crippen LogP contribution >= 0.6 is 0 Å². The van der Waals surface area contributed by atoms with Crippen molar-refractivity contribution < 1.29 is 13.2 Å². The largest absolute Gasteiger partial charge is 0.352 e. The molecule has 3 aromatic rings. The summed E-state index contributed by atoms with van der Waals surface area (Å²) in [6.45, 7) is 3.98. The van der Waals surface area contributed by atoms with E-state index in [1.54, 1.807) is 24.4 Å². The van der Waals surface area contributed by atoms with Crippen molar-refractivity contribution in [3.8, 4) is 11.4 Å². The molecule has 0 saturated heterocycles. The predicted molar refractivity (Wildman–Crippen MR) is 98.2 cm³/mol. The lowest BCUT2D eigenvalue weighted by Crippen LogP contribution is -2.16. The van der Waals surface area contributed by atoms with Crippen LogP contribution in [-0.4, -0.2) is 21.0 Å². The summed E-state index contributed by atoms with van der Waals surface area (Å²) in [5.74, 6) is -3.57. The van der Waals surface area contributed by atoms with Gasteiger partial charge in [0.1, 0.15) is 5.82 Å². The first kappa shape index (κ1) is 18.6. The van der Waals surface area contributed by atoms with Crippen LogP contribution in [0, 0.1) is 17.5 Å². The number of anilines is 3. The third-order valence-corrected chi connectivity index (χ3v) is 3.94. The minimum Gasteiger partial charge on any atom is -0.352 e. The van der Waals surface area contributed by atoms with Crippen LogP contribution in [0.15, 0.2) is 42.6 Å². The van der Waals surface area contributed by atoms with E-state index in [0.717, 1.165) is 18.6 Å². The summed E-state index contributed by atoms with van der Waals surface area (Å²) in [5, 5.41) is 5.83. The van der Waals surface area contributed by atoms with Crippen LogP contribution < -0.4 is 10.6 Å². The average Bonchev–Trinajstić information content (AvgIpc) is 2.69. The molecule has 0 amide bonds. The van der Waals surface area contributed by atoms with Crippen LogP contribution in [0.3, 0.4) is 0 Å². The standard InChI is InChI=1S/C19H18F3N5/c1-3-11(2)24-19-26-15(13-6-4-5-9-23-13)10-16(27-19)25-14-8-7-12(20)17(21)18(14)22/h4-11H,3H2,1-2H3,(H2,24,25,26,27)/t11-/m0/s1. The van der Waals surface area contributed by atoms with Gasteiger partial charge in [-0.15, -0.1) is 0 Å². The van der Waals surface area contributed by atoms with Gasteiger partial charge in [-0.3, -0.25) is 4.98 Å². The van der Waals surface area contributed by atoms with Gasteiger partial charge in [-0.05, 0) is 37.6 Å². The molecule has 0 unspecified atom stereocenters. The molecule has 0 radical (unpaired) electrons. The SMILES string of the molecule is CC[C@H](C)Nc1nc(Nc2ccc(F)c(F)c2F)cc(-c2ccccn2)n1. The van der Waals surface area contributed by atoms with E-state index in [-0.39, 0.29) is 17.5 Å². The average molecular weight is 373 g/mol. The molecule has 5 nitrogen and oxygen atoms in total. The van der Waals surface area contributed by atoms with Crippen LogP contribution in [0.2, 0.25) is 0 Å². The van der Waals surface area contributed by atoms with Crippen molar-refractivity contribution in [2.24, 2.45) is 0 Å². The molecule has 0 aliphatic carbocycles. The number of aromatic nitrogens is 3. The molecule has 0 aliphatic heterocycles. The number of benzene rings is 1. The first-order valence-corrected chi connectivity index (χ1v) is 8.45. The molecule has 3 rings (SSSR count). The van der Waals surface area contributed by atoms with Crippen LogP contribution in [0.5, 0.6) is 0 Å². The van der Waals surface area contributed by atoms with Gasteiger partial charge in [-0.1, -0.05) is 13.0 Å². The Morgan fingerprint density at radius 3 is 2.52 bits per heavy atom. The molecular weight excluding hydrogens is 355 g/mol. The topological polar surface area (TPSA) is 62.7 Å². The fraction of sp³-hybridized carbons (Fsp3) is 0.211. The molecule has 27 heavy (non-hydrogen) atoms. The lowest BCUT2D eigenvalue weighted by molar-refractivity contribution is 0.449. The van der Waals surface area contributed by atoms with Gasteiger partial charge in [0.2, 0.25) is 5.95 Å². The van der Waals surface area contributed by atoms with Crippen molar-refractivity contribution in [2.45, 2.75) is 26.3 Å². The quantitative estimate of drug-likeness (QED) is 0.601. The van der Waals surface area contributed by atoms with Gasteiger partial charge in [0.15, 0.2) is 17.5 Å². The highest BCUT2D eigenvalue weighted by Gasteiger charge is 2.15. The summed E-state index contributed by atoms with van der Waals surface area (Å²) in [6, 6.07) is 8.99. The summed E-state index contributed by atoms with van der Waals surface area (Å²) < 4.78 is 40.6. The van der Waals surface area contributed by atoms with E-state index < -0.39 is 17.5 Å². The molecule has 2 aromatic heterocycles. The number of halogens is 3. The second kappa shape index (κ2) is 8.03. The fourth-order valence-electron chi connectivity index (χ4n) is 2.30. The van der Waals surface area contributed by atoms with Crippen LogP contribution in [0.4, 0.5) is 30.6 Å². The van der Waals surface area contributed by atoms with Gasteiger partial charge in [0.05, 0.1) is 17.1 Å². The lowest BCUT2D eigenvalue weighted by Gasteiger charge is -2.14. The predicted octanol–water partition coefficient (Wildman–Crippen LogP) is 4.91. The number of nitrogens with one attached hydrogen (secondary N) is 2. The zero-order chi connectivity index (χ0) is 19.4. The minimum atomic E-state index is -1.54. The molecule has 0 spiro atoms. The fourth-order valence-corrected chi connectivity index (χ4v) is 2.30. The van der Waals surface area contributed by atoms with E-state index in [4.69, 9.17) is 0 Å². The van der Waals surface area contributed by atoms with Gasteiger partial charge in [0, 0.05) is 18.3 Å². The maximum Gasteiger partial charge on any atom is 0.225 e. The molecule has 0 saturated carbocycles. The third kappa shape index (κ3) is 4.33. The Kier molecular flexibility index (Phi) is 5.54. The third-order valence-electron chi connectivity index (χ3n) is 3.94. The van der Waals surface area contributed by atoms with E-state index in [2.05, 4.69) is 25.6 Å². The number of hydrogen-bond donors (Lipinski definition) is 2.